The molecule has 4 aromatic carbocycles. The van der Waals surface area contributed by atoms with Gasteiger partial charge >= 0.3 is 11.9 Å². The topological polar surface area (TPSA) is 639 Å². The van der Waals surface area contributed by atoms with Crippen molar-refractivity contribution in [2.75, 3.05) is 24.4 Å². The number of aliphatic hydroxyl groups excluding tert-OH is 4. The molecule has 25 N–H and O–H groups in total. The van der Waals surface area contributed by atoms with E-state index in [1.54, 1.807) is 112 Å². The molecule has 1 aromatic heterocycles. The number of para-hydroxylation sites is 1. The van der Waals surface area contributed by atoms with Crippen molar-refractivity contribution < 1.29 is 112 Å². The maximum atomic E-state index is 15.0. The highest BCUT2D eigenvalue weighted by Gasteiger charge is 2.41. The number of aromatic amines is 1. The quantitative estimate of drug-likeness (QED) is 0.0168. The van der Waals surface area contributed by atoms with Gasteiger partial charge in [0.05, 0.1) is 37.4 Å². The molecular formula is C82H114N16O23S2. The van der Waals surface area contributed by atoms with Crippen LogP contribution >= 0.6 is 24.4 Å². The summed E-state index contributed by atoms with van der Waals surface area (Å²) in [7, 11) is 0. The third kappa shape index (κ3) is 33.2. The van der Waals surface area contributed by atoms with Gasteiger partial charge < -0.3 is 121 Å². The van der Waals surface area contributed by atoms with Crippen molar-refractivity contribution in [3.05, 3.63) is 138 Å². The summed E-state index contributed by atoms with van der Waals surface area (Å²) in [5.74, 6) is -20.0. The van der Waals surface area contributed by atoms with E-state index in [9.17, 15) is 108 Å². The number of aromatic nitrogens is 1. The Hall–Kier alpha value is -11.8. The van der Waals surface area contributed by atoms with Gasteiger partial charge in [0.25, 0.3) is 0 Å². The molecule has 672 valence electrons. The van der Waals surface area contributed by atoms with Crippen LogP contribution in [0.5, 0.6) is 5.75 Å². The first-order chi connectivity index (χ1) is 58.2. The summed E-state index contributed by atoms with van der Waals surface area (Å²) in [6, 6.07) is 4.85. The van der Waals surface area contributed by atoms with E-state index in [1.807, 2.05) is 0 Å². The first kappa shape index (κ1) is 102. The molecule has 1 heterocycles. The maximum Gasteiger partial charge on any atom is 0.326 e. The predicted octanol–water partition coefficient (Wildman–Crippen LogP) is -3.49. The van der Waals surface area contributed by atoms with E-state index in [1.165, 1.54) is 49.1 Å². The van der Waals surface area contributed by atoms with Gasteiger partial charge in [-0.25, -0.2) is 4.79 Å². The SMILES string of the molecule is CC[C@H](C)[C@H](NC(=O)[C@H](CC(=O)O)NC(=O)[C@H](Cc1c[nH]c2ccccc12)NC(=O)[C@H](CC(C)C)NC(=O)[C@H](Cc1ccccc1)NC(=O)[C@@H](NC(=O)[C@H](CO)NC(=O)[C@@H](N)CCSC)[C@@H](C)O)C(=O)N[C@@H](CCC(N)=O)C(=O)N[C@H](C(=O)N[C@H](C(=O)N[C@@H](Cc1ccc(O)cc1)C(=O)N[C@@H](CS)C(=O)N[C@@H](Cc1ccccc1)C(=O)O)[C@@H](C)O)[C@@H](C)O. The summed E-state index contributed by atoms with van der Waals surface area (Å²) in [5, 5.41) is 105. The van der Waals surface area contributed by atoms with Gasteiger partial charge in [0.1, 0.15) is 84.3 Å². The van der Waals surface area contributed by atoms with Crippen LogP contribution in [0.4, 0.5) is 0 Å². The van der Waals surface area contributed by atoms with Gasteiger partial charge in [-0.05, 0) is 104 Å². The zero-order valence-corrected chi connectivity index (χ0v) is 71.0. The highest BCUT2D eigenvalue weighted by Crippen LogP contribution is 2.22. The Kier molecular flexibility index (Phi) is 41.9. The van der Waals surface area contributed by atoms with Crippen molar-refractivity contribution in [2.24, 2.45) is 23.3 Å². The molecule has 0 bridgehead atoms. The van der Waals surface area contributed by atoms with Gasteiger partial charge in [-0.2, -0.15) is 24.4 Å². The molecule has 0 fully saturated rings. The number of aromatic hydroxyl groups is 1. The summed E-state index contributed by atoms with van der Waals surface area (Å²) in [4.78, 5) is 226. The molecule has 0 radical (unpaired) electrons. The molecule has 14 amide bonds. The highest BCUT2D eigenvalue weighted by atomic mass is 32.2. The molecule has 0 aliphatic carbocycles. The van der Waals surface area contributed by atoms with Crippen molar-refractivity contribution in [1.82, 2.24) is 74.1 Å². The Morgan fingerprint density at radius 1 is 0.439 bits per heavy atom. The molecule has 5 rings (SSSR count). The third-order valence-electron chi connectivity index (χ3n) is 19.8. The normalized spacial score (nSPS) is 15.7. The average molecular weight is 1760 g/mol. The number of thiol groups is 1. The summed E-state index contributed by atoms with van der Waals surface area (Å²) < 4.78 is 0. The molecule has 0 aliphatic heterocycles. The fraction of sp³-hybridized carbons (Fsp3) is 0.488. The monoisotopic (exact) mass is 1750 g/mol. The Morgan fingerprint density at radius 2 is 0.821 bits per heavy atom. The number of amides is 14. The molecule has 5 aromatic rings. The number of carboxylic acids is 2. The Labute approximate surface area is 719 Å². The second-order valence-electron chi connectivity index (χ2n) is 30.2. The molecule has 41 heteroatoms. The number of primary amides is 1. The number of phenols is 1. The lowest BCUT2D eigenvalue weighted by atomic mass is 9.96. The molecule has 0 saturated heterocycles. The van der Waals surface area contributed by atoms with Gasteiger partial charge in [-0.3, -0.25) is 71.9 Å². The van der Waals surface area contributed by atoms with E-state index < -0.39 is 241 Å². The number of carboxylic acid groups (broad SMARTS) is 2. The molecule has 0 spiro atoms. The zero-order chi connectivity index (χ0) is 91.5. The van der Waals surface area contributed by atoms with E-state index in [-0.39, 0.29) is 50.7 Å². The molecule has 0 saturated carbocycles. The lowest BCUT2D eigenvalue weighted by molar-refractivity contribution is -0.142. The summed E-state index contributed by atoms with van der Waals surface area (Å²) in [5.41, 5.74) is 13.8. The van der Waals surface area contributed by atoms with Crippen molar-refractivity contribution in [2.45, 2.75) is 216 Å². The molecule has 39 nitrogen and oxygen atoms in total. The average Bonchev–Trinajstić information content (AvgIpc) is 1.78. The lowest BCUT2D eigenvalue weighted by Gasteiger charge is -2.30. The Morgan fingerprint density at radius 3 is 1.30 bits per heavy atom. The predicted molar refractivity (Wildman–Crippen MR) is 453 cm³/mol. The van der Waals surface area contributed by atoms with E-state index in [0.717, 1.165) is 20.8 Å². The van der Waals surface area contributed by atoms with Crippen molar-refractivity contribution in [3.63, 3.8) is 0 Å². The van der Waals surface area contributed by atoms with Crippen LogP contribution in [0.2, 0.25) is 0 Å². The molecule has 0 aliphatic rings. The Bertz CT molecular complexity index is 4430. The largest absolute Gasteiger partial charge is 0.508 e. The number of hydrogen-bond donors (Lipinski definition) is 24. The van der Waals surface area contributed by atoms with Crippen LogP contribution in [0.3, 0.4) is 0 Å². The van der Waals surface area contributed by atoms with Crippen LogP contribution in [0, 0.1) is 11.8 Å². The second-order valence-corrected chi connectivity index (χ2v) is 31.6. The highest BCUT2D eigenvalue weighted by molar-refractivity contribution is 7.98. The van der Waals surface area contributed by atoms with E-state index >= 15 is 4.79 Å². The third-order valence-corrected chi connectivity index (χ3v) is 20.8. The number of H-pyrrole nitrogens is 1. The van der Waals surface area contributed by atoms with Crippen LogP contribution in [0.25, 0.3) is 10.9 Å². The van der Waals surface area contributed by atoms with Crippen molar-refractivity contribution in [3.8, 4) is 5.75 Å². The lowest BCUT2D eigenvalue weighted by Crippen LogP contribution is -2.64. The number of aliphatic hydroxyl groups is 4. The standard InChI is InChI=1S/C82H114N16O23S2/c1-9-42(4)65(78(116)86-54(28-29-63(84)104)70(108)96-68(45(7)102)81(119)98-67(44(6)101)80(118)91-57(34-48-24-26-50(103)27-25-48)73(111)94-62(40-122)77(115)92-60(82(120)121)35-47-20-14-11-15-21-47)95-75(113)59(37-64(105)106)89-74(112)58(36-49-38-85-53-23-17-16-22-51(49)53)88-71(109)55(32-41(2)3)87-72(110)56(33-46-18-12-10-13-19-46)90-79(117)66(43(5)100)97-76(114)61(39-99)93-69(107)52(83)30-31-123-8/h10-27,38,41-45,52,54-62,65-68,85,99-103,122H,9,28-37,39-40,83H2,1-8H3,(H2,84,104)(H,86,116)(H,87,110)(H,88,109)(H,89,112)(H,90,117)(H,91,118)(H,92,115)(H,93,107)(H,94,111)(H,95,113)(H,96,108)(H,97,114)(H,98,119)(H,105,106)(H,120,121)/t42-,43+,44+,45+,52-,54-,55-,56-,57-,58-,59-,60-,61-,62-,65-,66-,67-,68-/m0/s1. The van der Waals surface area contributed by atoms with E-state index in [2.05, 4.69) is 86.7 Å². The number of thioether (sulfide) groups is 1. The number of carbonyl (C=O) groups is 16. The number of nitrogens with one attached hydrogen (secondary N) is 14. The van der Waals surface area contributed by atoms with Gasteiger partial charge in [0.2, 0.25) is 82.7 Å². The minimum atomic E-state index is -2.08. The summed E-state index contributed by atoms with van der Waals surface area (Å²) in [6.07, 6.45) is -5.45. The first-order valence-electron chi connectivity index (χ1n) is 39.8. The summed E-state index contributed by atoms with van der Waals surface area (Å²) >= 11 is 5.62. The van der Waals surface area contributed by atoms with Crippen LogP contribution in [0.15, 0.2) is 115 Å². The van der Waals surface area contributed by atoms with Crippen LogP contribution in [0.1, 0.15) is 109 Å². The minimum absolute atomic E-state index is 0.0740. The van der Waals surface area contributed by atoms with Crippen molar-refractivity contribution >= 4 is 130 Å². The maximum absolute atomic E-state index is 15.0. The number of hydrogen-bond acceptors (Lipinski definition) is 24. The molecular weight excluding hydrogens is 1640 g/mol. The number of benzene rings is 4. The minimum Gasteiger partial charge on any atom is -0.508 e. The number of rotatable bonds is 52. The van der Waals surface area contributed by atoms with Crippen molar-refractivity contribution in [1.29, 1.82) is 0 Å². The number of phenolic OH excluding ortho intramolecular Hbond substituents is 1. The fourth-order valence-electron chi connectivity index (χ4n) is 12.7. The first-order valence-corrected chi connectivity index (χ1v) is 41.8. The molecule has 0 unspecified atom stereocenters. The van der Waals surface area contributed by atoms with Crippen LogP contribution in [-0.2, 0) is 102 Å². The fourth-order valence-corrected chi connectivity index (χ4v) is 13.4. The van der Waals surface area contributed by atoms with E-state index in [4.69, 9.17) is 11.5 Å². The molecule has 123 heavy (non-hydrogen) atoms. The van der Waals surface area contributed by atoms with Gasteiger partial charge in [-0.1, -0.05) is 125 Å². The number of nitrogens with two attached hydrogens (primary N) is 2. The zero-order valence-electron chi connectivity index (χ0n) is 69.3. The Balaban J connectivity index is 1.40. The number of carbonyl (C=O) groups excluding carboxylic acids is 14. The number of aliphatic carboxylic acids is 2. The second kappa shape index (κ2) is 50.6. The van der Waals surface area contributed by atoms with Crippen LogP contribution in [-0.4, -0.2) is 263 Å². The number of fused-ring (bicyclic) bond motifs is 1. The smallest absolute Gasteiger partial charge is 0.326 e. The van der Waals surface area contributed by atoms with Gasteiger partial charge in [-0.15, -0.1) is 0 Å². The van der Waals surface area contributed by atoms with Gasteiger partial charge in [0, 0.05) is 55.0 Å². The summed E-state index contributed by atoms with van der Waals surface area (Å²) in [6.45, 7) is 8.76. The van der Waals surface area contributed by atoms with Gasteiger partial charge in [0.15, 0.2) is 0 Å². The molecule has 18 atom stereocenters. The van der Waals surface area contributed by atoms with Crippen LogP contribution < -0.4 is 80.6 Å². The van der Waals surface area contributed by atoms with E-state index in [0.29, 0.717) is 38.9 Å².